The molecule has 1 saturated carbocycles. The fourth-order valence-electron chi connectivity index (χ4n) is 2.85. The average Bonchev–Trinajstić information content (AvgIpc) is 2.58. The van der Waals surface area contributed by atoms with Gasteiger partial charge in [0.1, 0.15) is 36.6 Å². The van der Waals surface area contributed by atoms with Gasteiger partial charge in [0.15, 0.2) is 0 Å². The first-order chi connectivity index (χ1) is 16.8. The molecule has 1 fully saturated rings. The molecule has 1 aliphatic carbocycles. The molecule has 0 amide bonds. The minimum absolute atomic E-state index is 3.30. The van der Waals surface area contributed by atoms with Gasteiger partial charge in [-0.25, -0.2) is 27.4 Å². The molecule has 1 aliphatic rings. The third-order valence-corrected chi connectivity index (χ3v) is 9.67. The molecular formula is C6H17O26P7-2. The van der Waals surface area contributed by atoms with Crippen molar-refractivity contribution in [3.05, 3.63) is 0 Å². The standard InChI is InChI=1S/C6H19O26P7/c7-33(8,9)27-1-2(28-34(10,11)12)4(30-36(16,17)18)6(32-39(25,26)38(22,23)24)5(31-37(19,20)21)3(1)29-35(13,14)15/h1-6H,(H,25,26)(H2,7,8,9)(H2,10,11,12)(H2,13,14,15)(H2,16,17,18)(H2,19,20,21)(H2,22,23,24)/p-2/t1?,2-,3+,4-,5-,6?/m1/s1. The van der Waals surface area contributed by atoms with Gasteiger partial charge in [-0.1, -0.05) is 0 Å². The second-order valence-electron chi connectivity index (χ2n) is 6.83. The summed E-state index contributed by atoms with van der Waals surface area (Å²) in [6.07, 6.45) is -20.3. The van der Waals surface area contributed by atoms with Crippen molar-refractivity contribution >= 4 is 54.0 Å². The summed E-state index contributed by atoms with van der Waals surface area (Å²) in [7, 11) is -44.6. The van der Waals surface area contributed by atoms with Gasteiger partial charge in [-0.05, 0) is 7.63 Å². The number of rotatable bonds is 13. The highest BCUT2D eigenvalue weighted by Crippen LogP contribution is 2.74. The molecule has 0 aromatic carbocycles. The van der Waals surface area contributed by atoms with Crippen LogP contribution >= 0.6 is 54.0 Å². The van der Waals surface area contributed by atoms with Crippen molar-refractivity contribution in [2.75, 3.05) is 0 Å². The van der Waals surface area contributed by atoms with Crippen molar-refractivity contribution in [2.45, 2.75) is 36.6 Å². The molecule has 234 valence electrons. The Morgan fingerprint density at radius 2 is 0.538 bits per heavy atom. The van der Waals surface area contributed by atoms with Gasteiger partial charge in [0, 0.05) is 0 Å². The van der Waals surface area contributed by atoms with E-state index in [9.17, 15) is 86.1 Å². The van der Waals surface area contributed by atoms with Crippen LogP contribution in [0.1, 0.15) is 0 Å². The van der Waals surface area contributed by atoms with Gasteiger partial charge in [0.2, 0.25) is 0 Å². The largest absolute Gasteiger partial charge is 0.680 e. The van der Waals surface area contributed by atoms with Crippen molar-refractivity contribution in [1.82, 2.24) is 0 Å². The second-order valence-corrected chi connectivity index (χ2v) is 17.9. The van der Waals surface area contributed by atoms with Gasteiger partial charge in [-0.15, -0.1) is 0 Å². The molecule has 0 bridgehead atoms. The number of hydrogen-bond donors (Lipinski definition) is 11. The summed E-state index contributed by atoms with van der Waals surface area (Å²) in [5, 5.41) is 0. The van der Waals surface area contributed by atoms with Crippen LogP contribution in [-0.4, -0.2) is 90.5 Å². The molecule has 1 rings (SSSR count). The van der Waals surface area contributed by atoms with E-state index in [0.29, 0.717) is 0 Å². The van der Waals surface area contributed by atoms with E-state index < -0.39 is 90.7 Å². The third-order valence-electron chi connectivity index (χ3n) is 3.81. The molecule has 7 atom stereocenters. The lowest BCUT2D eigenvalue weighted by Crippen LogP contribution is -2.66. The summed E-state index contributed by atoms with van der Waals surface area (Å²) in [6.45, 7) is 0. The Labute approximate surface area is 214 Å². The Morgan fingerprint density at radius 1 is 0.385 bits per heavy atom. The molecule has 0 aromatic heterocycles. The van der Waals surface area contributed by atoms with Gasteiger partial charge in [0.05, 0.1) is 0 Å². The van der Waals surface area contributed by atoms with Crippen LogP contribution in [0, 0.1) is 0 Å². The lowest BCUT2D eigenvalue weighted by Gasteiger charge is -2.50. The van der Waals surface area contributed by atoms with Crippen LogP contribution in [0.2, 0.25) is 0 Å². The average molecular weight is 722 g/mol. The Hall–Kier alpha value is 1.01. The highest BCUT2D eigenvalue weighted by molar-refractivity contribution is 8.27. The van der Waals surface area contributed by atoms with Gasteiger partial charge in [-0.2, -0.15) is 0 Å². The lowest BCUT2D eigenvalue weighted by atomic mass is 9.85. The van der Waals surface area contributed by atoms with Crippen LogP contribution in [0.25, 0.3) is 0 Å². The normalized spacial score (nSPS) is 29.7. The van der Waals surface area contributed by atoms with Gasteiger partial charge in [-0.3, -0.25) is 32.0 Å². The van der Waals surface area contributed by atoms with Crippen LogP contribution in [-0.2, 0) is 54.5 Å². The van der Waals surface area contributed by atoms with E-state index in [-0.39, 0.29) is 0 Å². The highest BCUT2D eigenvalue weighted by atomic mass is 32.1. The van der Waals surface area contributed by atoms with Crippen LogP contribution in [0.5, 0.6) is 0 Å². The second kappa shape index (κ2) is 12.6. The zero-order valence-corrected chi connectivity index (χ0v) is 23.9. The van der Waals surface area contributed by atoms with Crippen molar-refractivity contribution in [2.24, 2.45) is 0 Å². The quantitative estimate of drug-likeness (QED) is 0.0791. The Balaban J connectivity index is 4.16. The van der Waals surface area contributed by atoms with E-state index in [2.05, 4.69) is 27.1 Å². The zero-order valence-electron chi connectivity index (χ0n) is 17.6. The van der Waals surface area contributed by atoms with Crippen LogP contribution in [0.4, 0.5) is 0 Å². The summed E-state index contributed by atoms with van der Waals surface area (Å²) in [5.74, 6) is 0. The topological polar surface area (TPSA) is 450 Å². The van der Waals surface area contributed by atoms with Crippen molar-refractivity contribution in [3.8, 4) is 0 Å². The maximum Gasteiger partial charge on any atom is 0.470 e. The van der Waals surface area contributed by atoms with Gasteiger partial charge in [0.25, 0.3) is 0 Å². The minimum Gasteiger partial charge on any atom is -0.680 e. The first-order valence-corrected chi connectivity index (χ1v) is 20.0. The molecule has 3 unspecified atom stereocenters. The summed E-state index contributed by atoms with van der Waals surface area (Å²) in [5.41, 5.74) is 0. The Bertz CT molecular complexity index is 1080. The van der Waals surface area contributed by atoms with Crippen LogP contribution in [0.3, 0.4) is 0 Å². The predicted octanol–water partition coefficient (Wildman–Crippen LogP) is -5.28. The molecule has 0 saturated heterocycles. The first-order valence-electron chi connectivity index (χ1n) is 8.55. The fraction of sp³-hybridized carbons (Fsp3) is 1.00. The molecule has 0 aromatic rings. The summed E-state index contributed by atoms with van der Waals surface area (Å²) in [4.78, 5) is 135. The number of hydrogen-bond acceptors (Lipinski definition) is 15. The Morgan fingerprint density at radius 3 is 0.667 bits per heavy atom. The van der Waals surface area contributed by atoms with E-state index in [4.69, 9.17) is 9.79 Å². The maximum atomic E-state index is 12.0. The molecule has 26 nitrogen and oxygen atoms in total. The SMILES string of the molecule is O=P(O)(O)OC1[C@@H](OP(=O)(O)O)[C@@H](OP(=O)(O)O)C(OP(=O)(O)[P+]([O-])([O-])[O-])[C@H](OP(=O)(O)O)[C@H]1OP(=O)(O)O. The zero-order chi connectivity index (χ0) is 31.2. The summed E-state index contributed by atoms with van der Waals surface area (Å²) in [6, 6.07) is 0. The maximum absolute atomic E-state index is 12.0. The third kappa shape index (κ3) is 13.0. The highest BCUT2D eigenvalue weighted by Gasteiger charge is 2.63. The van der Waals surface area contributed by atoms with Crippen LogP contribution < -0.4 is 14.7 Å². The molecule has 0 aliphatic heterocycles. The molecule has 33 heteroatoms. The molecular weight excluding hydrogens is 705 g/mol. The van der Waals surface area contributed by atoms with Gasteiger partial charge < -0.3 is 63.6 Å². The van der Waals surface area contributed by atoms with E-state index in [0.717, 1.165) is 0 Å². The van der Waals surface area contributed by atoms with E-state index in [1.165, 1.54) is 0 Å². The Kier molecular flexibility index (Phi) is 12.2. The van der Waals surface area contributed by atoms with E-state index >= 15 is 0 Å². The van der Waals surface area contributed by atoms with Gasteiger partial charge >= 0.3 is 46.4 Å². The minimum atomic E-state index is -6.92. The number of phosphoric ester groups is 5. The molecule has 39 heavy (non-hydrogen) atoms. The molecule has 0 heterocycles. The van der Waals surface area contributed by atoms with Crippen molar-refractivity contribution in [1.29, 1.82) is 0 Å². The van der Waals surface area contributed by atoms with Crippen LogP contribution in [0.15, 0.2) is 0 Å². The fourth-order valence-corrected chi connectivity index (χ4v) is 6.98. The van der Waals surface area contributed by atoms with E-state index in [1.807, 2.05) is 0 Å². The summed E-state index contributed by atoms with van der Waals surface area (Å²) >= 11 is 0. The number of phosphoric acid groups is 5. The smallest absolute Gasteiger partial charge is 0.470 e. The summed E-state index contributed by atoms with van der Waals surface area (Å²) < 4.78 is 93.7. The monoisotopic (exact) mass is 722 g/mol. The lowest BCUT2D eigenvalue weighted by molar-refractivity contribution is -0.418. The van der Waals surface area contributed by atoms with E-state index in [1.54, 1.807) is 0 Å². The molecule has 11 N–H and O–H groups in total. The molecule has 0 radical (unpaired) electrons. The first kappa shape index (κ1) is 38.0. The van der Waals surface area contributed by atoms with Crippen molar-refractivity contribution < 1.29 is 123 Å². The molecule has 0 spiro atoms. The predicted molar refractivity (Wildman–Crippen MR) is 106 cm³/mol. The van der Waals surface area contributed by atoms with Crippen molar-refractivity contribution in [3.63, 3.8) is 0 Å².